The second-order valence-corrected chi connectivity index (χ2v) is 9.02. The Morgan fingerprint density at radius 3 is 1.37 bits per heavy atom. The van der Waals surface area contributed by atoms with E-state index < -0.39 is 0 Å². The van der Waals surface area contributed by atoms with Crippen molar-refractivity contribution in [3.05, 3.63) is 103 Å². The number of ketones is 1. The second-order valence-electron chi connectivity index (χ2n) is 6.38. The monoisotopic (exact) mass is 560 g/mol. The van der Waals surface area contributed by atoms with Crippen molar-refractivity contribution < 1.29 is 4.79 Å². The van der Waals surface area contributed by atoms with Crippen LogP contribution in [-0.2, 0) is 0 Å². The Morgan fingerprint density at radius 1 is 0.633 bits per heavy atom. The molecule has 7 heteroatoms. The maximum atomic E-state index is 13.7. The number of carbonyl (C=O) groups excluding carboxylic acids is 1. The molecule has 0 saturated heterocycles. The lowest BCUT2D eigenvalue weighted by Crippen LogP contribution is -2.09. The van der Waals surface area contributed by atoms with Crippen molar-refractivity contribution in [2.45, 2.75) is 0 Å². The molecule has 0 N–H and O–H groups in total. The molecule has 2 aromatic carbocycles. The van der Waals surface area contributed by atoms with E-state index in [1.165, 1.54) is 0 Å². The first-order valence-corrected chi connectivity index (χ1v) is 11.2. The van der Waals surface area contributed by atoms with E-state index in [1.807, 2.05) is 48.5 Å². The molecule has 0 fully saturated rings. The van der Waals surface area contributed by atoms with E-state index >= 15 is 0 Å². The summed E-state index contributed by atoms with van der Waals surface area (Å²) in [5.41, 5.74) is 3.09. The molecule has 4 rings (SSSR count). The first-order valence-electron chi connectivity index (χ1n) is 8.81. The van der Waals surface area contributed by atoms with Gasteiger partial charge in [0, 0.05) is 32.5 Å². The molecule has 2 aromatic heterocycles. The fourth-order valence-corrected chi connectivity index (χ4v) is 4.08. The highest BCUT2D eigenvalue weighted by molar-refractivity contribution is 9.10. The lowest BCUT2D eigenvalue weighted by atomic mass is 9.95. The van der Waals surface area contributed by atoms with Crippen LogP contribution in [0.1, 0.15) is 15.9 Å². The van der Waals surface area contributed by atoms with E-state index in [0.29, 0.717) is 21.4 Å². The van der Waals surface area contributed by atoms with Gasteiger partial charge in [-0.3, -0.25) is 14.8 Å². The molecule has 0 aliphatic rings. The minimum Gasteiger partial charge on any atom is -0.288 e. The quantitative estimate of drug-likeness (QED) is 0.238. The molecule has 3 nitrogen and oxygen atoms in total. The van der Waals surface area contributed by atoms with Gasteiger partial charge in [-0.05, 0) is 36.4 Å². The average molecular weight is 563 g/mol. The van der Waals surface area contributed by atoms with Gasteiger partial charge in [0.25, 0.3) is 0 Å². The SMILES string of the molecule is O=C(c1c(Cl)ccnc1-c1ccc(Br)cc1)c1c(Cl)ccnc1-c1ccc(Br)cc1. The van der Waals surface area contributed by atoms with Crippen molar-refractivity contribution in [1.29, 1.82) is 0 Å². The molecular weight excluding hydrogens is 551 g/mol. The van der Waals surface area contributed by atoms with Crippen molar-refractivity contribution in [3.8, 4) is 22.5 Å². The Labute approximate surface area is 200 Å². The second kappa shape index (κ2) is 8.98. The number of hydrogen-bond donors (Lipinski definition) is 0. The molecule has 0 saturated carbocycles. The van der Waals surface area contributed by atoms with Crippen LogP contribution in [0.4, 0.5) is 0 Å². The van der Waals surface area contributed by atoms with Crippen molar-refractivity contribution in [2.24, 2.45) is 0 Å². The number of benzene rings is 2. The predicted molar refractivity (Wildman–Crippen MR) is 128 cm³/mol. The Kier molecular flexibility index (Phi) is 6.34. The van der Waals surface area contributed by atoms with E-state index in [0.717, 1.165) is 20.1 Å². The molecule has 0 bridgehead atoms. The summed E-state index contributed by atoms with van der Waals surface area (Å²) >= 11 is 19.8. The molecule has 0 unspecified atom stereocenters. The maximum Gasteiger partial charge on any atom is 0.200 e. The number of aromatic nitrogens is 2. The van der Waals surface area contributed by atoms with Gasteiger partial charge in [0.05, 0.1) is 32.6 Å². The zero-order valence-electron chi connectivity index (χ0n) is 15.2. The van der Waals surface area contributed by atoms with Gasteiger partial charge in [-0.2, -0.15) is 0 Å². The Morgan fingerprint density at radius 2 is 1.00 bits per heavy atom. The third-order valence-electron chi connectivity index (χ3n) is 4.49. The largest absolute Gasteiger partial charge is 0.288 e. The average Bonchev–Trinajstić information content (AvgIpc) is 2.74. The minimum absolute atomic E-state index is 0.287. The van der Waals surface area contributed by atoms with Crippen LogP contribution in [0.15, 0.2) is 82.0 Å². The van der Waals surface area contributed by atoms with Crippen LogP contribution >= 0.6 is 55.1 Å². The van der Waals surface area contributed by atoms with Crippen molar-refractivity contribution in [2.75, 3.05) is 0 Å². The molecule has 30 heavy (non-hydrogen) atoms. The summed E-state index contributed by atoms with van der Waals surface area (Å²) in [5.74, 6) is -0.331. The van der Waals surface area contributed by atoms with Gasteiger partial charge in [-0.15, -0.1) is 0 Å². The smallest absolute Gasteiger partial charge is 0.200 e. The van der Waals surface area contributed by atoms with Gasteiger partial charge < -0.3 is 0 Å². The molecule has 0 amide bonds. The number of nitrogens with zero attached hydrogens (tertiary/aromatic N) is 2. The molecular formula is C23H12Br2Cl2N2O. The van der Waals surface area contributed by atoms with Crippen LogP contribution in [0.5, 0.6) is 0 Å². The van der Waals surface area contributed by atoms with Crippen LogP contribution in [0.25, 0.3) is 22.5 Å². The van der Waals surface area contributed by atoms with Gasteiger partial charge in [0.15, 0.2) is 5.78 Å². The molecule has 4 aromatic rings. The topological polar surface area (TPSA) is 42.9 Å². The van der Waals surface area contributed by atoms with Crippen molar-refractivity contribution in [1.82, 2.24) is 9.97 Å². The molecule has 2 heterocycles. The Hall–Kier alpha value is -2.05. The lowest BCUT2D eigenvalue weighted by molar-refractivity contribution is 0.103. The van der Waals surface area contributed by atoms with E-state index in [9.17, 15) is 4.79 Å². The molecule has 0 spiro atoms. The van der Waals surface area contributed by atoms with E-state index in [2.05, 4.69) is 41.8 Å². The summed E-state index contributed by atoms with van der Waals surface area (Å²) in [6.07, 6.45) is 3.16. The third-order valence-corrected chi connectivity index (χ3v) is 6.18. The predicted octanol–water partition coefficient (Wildman–Crippen LogP) is 7.87. The minimum atomic E-state index is -0.331. The summed E-state index contributed by atoms with van der Waals surface area (Å²) in [4.78, 5) is 22.6. The summed E-state index contributed by atoms with van der Waals surface area (Å²) in [7, 11) is 0. The summed E-state index contributed by atoms with van der Waals surface area (Å²) in [6, 6.07) is 18.2. The highest BCUT2D eigenvalue weighted by atomic mass is 79.9. The normalized spacial score (nSPS) is 10.8. The molecule has 0 aliphatic carbocycles. The van der Waals surface area contributed by atoms with Crippen LogP contribution in [0.3, 0.4) is 0 Å². The fourth-order valence-electron chi connectivity index (χ4n) is 3.09. The van der Waals surface area contributed by atoms with Crippen LogP contribution in [0.2, 0.25) is 10.0 Å². The molecule has 148 valence electrons. The van der Waals surface area contributed by atoms with Crippen LogP contribution in [0, 0.1) is 0 Å². The first-order chi connectivity index (χ1) is 14.5. The Bertz CT molecular complexity index is 1150. The van der Waals surface area contributed by atoms with E-state index in [4.69, 9.17) is 23.2 Å². The zero-order chi connectivity index (χ0) is 21.3. The van der Waals surface area contributed by atoms with E-state index in [1.54, 1.807) is 24.5 Å². The summed E-state index contributed by atoms with van der Waals surface area (Å²) < 4.78 is 1.85. The summed E-state index contributed by atoms with van der Waals surface area (Å²) in [5, 5.41) is 0.601. The van der Waals surface area contributed by atoms with Crippen LogP contribution in [-0.4, -0.2) is 15.8 Å². The van der Waals surface area contributed by atoms with Gasteiger partial charge in [-0.1, -0.05) is 79.3 Å². The fraction of sp³-hybridized carbons (Fsp3) is 0. The first kappa shape index (κ1) is 21.2. The lowest BCUT2D eigenvalue weighted by Gasteiger charge is -2.14. The third kappa shape index (κ3) is 4.21. The standard InChI is InChI=1S/C23H12Br2Cl2N2O/c24-15-5-1-13(2-6-15)21-19(17(26)9-11-28-21)23(30)20-18(27)10-12-29-22(20)14-3-7-16(25)8-4-14/h1-12H. The van der Waals surface area contributed by atoms with Gasteiger partial charge in [0.2, 0.25) is 0 Å². The van der Waals surface area contributed by atoms with Crippen molar-refractivity contribution >= 4 is 60.8 Å². The van der Waals surface area contributed by atoms with Crippen molar-refractivity contribution in [3.63, 3.8) is 0 Å². The van der Waals surface area contributed by atoms with Gasteiger partial charge in [0.1, 0.15) is 0 Å². The van der Waals surface area contributed by atoms with E-state index in [-0.39, 0.29) is 16.9 Å². The maximum absolute atomic E-state index is 13.7. The number of pyridine rings is 2. The molecule has 0 aliphatic heterocycles. The van der Waals surface area contributed by atoms with Crippen LogP contribution < -0.4 is 0 Å². The number of hydrogen-bond acceptors (Lipinski definition) is 3. The summed E-state index contributed by atoms with van der Waals surface area (Å²) in [6.45, 7) is 0. The molecule has 0 radical (unpaired) electrons. The van der Waals surface area contributed by atoms with Gasteiger partial charge in [-0.25, -0.2) is 0 Å². The highest BCUT2D eigenvalue weighted by Gasteiger charge is 2.25. The number of halogens is 4. The zero-order valence-corrected chi connectivity index (χ0v) is 19.9. The number of carbonyl (C=O) groups is 1. The number of rotatable bonds is 4. The molecule has 0 atom stereocenters. The van der Waals surface area contributed by atoms with Gasteiger partial charge >= 0.3 is 0 Å². The highest BCUT2D eigenvalue weighted by Crippen LogP contribution is 2.35. The Balaban J connectivity index is 1.91.